The second-order valence-electron chi connectivity index (χ2n) is 27.1. The lowest BCUT2D eigenvalue weighted by Gasteiger charge is -2.29. The SMILES string of the molecule is CCCCCCCCCCCCCOCCOCCOCCOCCOCCO[Si](CCCS)(OCC)OCCOCCOCCOCCOCCOCCCCCCCCCCCCC.CCO[Si](CCCS)(OCC)OCCOCCOCCOCCOCCOC1CCCCCCCCCCCC1. The summed E-state index contributed by atoms with van der Waals surface area (Å²) in [6.45, 7) is 29.5. The van der Waals surface area contributed by atoms with Crippen LogP contribution >= 0.6 is 25.3 Å². The molecule has 638 valence electrons. The number of unbranched alkanes of at least 4 members (excludes halogenated alkanes) is 20. The maximum Gasteiger partial charge on any atom is 0.501 e. The molecule has 1 fully saturated rings. The second-order valence-corrected chi connectivity index (χ2v) is 33.5. The Kier molecular flexibility index (Phi) is 92.7. The van der Waals surface area contributed by atoms with Crippen LogP contribution in [0.15, 0.2) is 0 Å². The van der Waals surface area contributed by atoms with Crippen molar-refractivity contribution in [1.82, 2.24) is 0 Å². The van der Waals surface area contributed by atoms with E-state index in [9.17, 15) is 0 Å². The first-order chi connectivity index (χ1) is 52.5. The van der Waals surface area contributed by atoms with E-state index >= 15 is 0 Å². The van der Waals surface area contributed by atoms with Gasteiger partial charge in [-0.1, -0.05) is 206 Å². The Morgan fingerprint density at radius 2 is 0.406 bits per heavy atom. The van der Waals surface area contributed by atoms with Gasteiger partial charge in [-0.05, 0) is 70.8 Å². The van der Waals surface area contributed by atoms with Crippen LogP contribution in [0, 0.1) is 0 Å². The molecule has 1 rings (SSSR count). The van der Waals surface area contributed by atoms with Gasteiger partial charge in [0.05, 0.1) is 204 Å². The van der Waals surface area contributed by atoms with E-state index in [2.05, 4.69) is 39.1 Å². The van der Waals surface area contributed by atoms with E-state index in [4.69, 9.17) is 97.6 Å². The fourth-order valence-corrected chi connectivity index (χ4v) is 17.9. The Hall–Kier alpha value is 0.294. The Labute approximate surface area is 663 Å². The summed E-state index contributed by atoms with van der Waals surface area (Å²) in [7, 11) is -5.53. The molecule has 0 saturated heterocycles. The van der Waals surface area contributed by atoms with E-state index in [0.29, 0.717) is 230 Å². The quantitative estimate of drug-likeness (QED) is 0.0331. The highest BCUT2D eigenvalue weighted by Crippen LogP contribution is 2.22. The van der Waals surface area contributed by atoms with Gasteiger partial charge in [0.25, 0.3) is 0 Å². The summed E-state index contributed by atoms with van der Waals surface area (Å²) >= 11 is 8.70. The van der Waals surface area contributed by atoms with Gasteiger partial charge < -0.3 is 97.6 Å². The molecule has 0 unspecified atom stereocenters. The number of rotatable bonds is 85. The minimum absolute atomic E-state index is 0.378. The van der Waals surface area contributed by atoms with Crippen molar-refractivity contribution in [3.05, 3.63) is 0 Å². The molecule has 0 heterocycles. The van der Waals surface area contributed by atoms with Crippen LogP contribution in [0.3, 0.4) is 0 Å². The van der Waals surface area contributed by atoms with Gasteiger partial charge in [-0.2, -0.15) is 25.3 Å². The van der Waals surface area contributed by atoms with Crippen molar-refractivity contribution in [2.24, 2.45) is 0 Å². The average Bonchev–Trinajstić information content (AvgIpc) is 0.893. The maximum absolute atomic E-state index is 6.23. The van der Waals surface area contributed by atoms with Crippen molar-refractivity contribution in [2.75, 3.05) is 243 Å². The zero-order valence-corrected chi connectivity index (χ0v) is 72.9. The molecule has 0 aromatic heterocycles. The van der Waals surface area contributed by atoms with Crippen LogP contribution in [0.25, 0.3) is 0 Å². The van der Waals surface area contributed by atoms with Crippen LogP contribution in [0.4, 0.5) is 0 Å². The summed E-state index contributed by atoms with van der Waals surface area (Å²) < 4.78 is 122. The van der Waals surface area contributed by atoms with Crippen LogP contribution in [-0.2, 0) is 97.6 Å². The van der Waals surface area contributed by atoms with E-state index in [-0.39, 0.29) is 0 Å². The molecule has 1 aliphatic rings. The molecule has 0 aromatic rings. The minimum atomic E-state index is -2.90. The predicted molar refractivity (Wildman–Crippen MR) is 440 cm³/mol. The highest BCUT2D eigenvalue weighted by molar-refractivity contribution is 7.80. The van der Waals surface area contributed by atoms with Crippen LogP contribution in [0.1, 0.15) is 266 Å². The Balaban J connectivity index is 0.00000234. The third-order valence-electron chi connectivity index (χ3n) is 17.8. The average molecular weight is 1600 g/mol. The number of hydrogen-bond donors (Lipinski definition) is 2. The molecular weight excluding hydrogens is 1430 g/mol. The smallest absolute Gasteiger partial charge is 0.379 e. The fraction of sp³-hybridized carbons (Fsp3) is 1.00. The minimum Gasteiger partial charge on any atom is -0.379 e. The van der Waals surface area contributed by atoms with Crippen LogP contribution in [0.5, 0.6) is 0 Å². The molecular formula is C81H168O21S2Si2. The number of thiol groups is 2. The van der Waals surface area contributed by atoms with Crippen molar-refractivity contribution in [3.8, 4) is 0 Å². The molecule has 0 spiro atoms. The Morgan fingerprint density at radius 1 is 0.208 bits per heavy atom. The van der Waals surface area contributed by atoms with Gasteiger partial charge in [0.2, 0.25) is 0 Å². The van der Waals surface area contributed by atoms with E-state index in [0.717, 1.165) is 56.4 Å². The molecule has 106 heavy (non-hydrogen) atoms. The topological polar surface area (TPSA) is 194 Å². The summed E-state index contributed by atoms with van der Waals surface area (Å²) in [6, 6.07) is 1.47. The third kappa shape index (κ3) is 80.9. The van der Waals surface area contributed by atoms with Crippen molar-refractivity contribution >= 4 is 42.9 Å². The third-order valence-corrected chi connectivity index (χ3v) is 24.5. The lowest BCUT2D eigenvalue weighted by atomic mass is 10.0. The van der Waals surface area contributed by atoms with Gasteiger partial charge in [0.1, 0.15) is 0 Å². The molecule has 0 aromatic carbocycles. The zero-order valence-electron chi connectivity index (χ0n) is 69.1. The van der Waals surface area contributed by atoms with Crippen LogP contribution < -0.4 is 0 Å². The summed E-state index contributed by atoms with van der Waals surface area (Å²) in [5.41, 5.74) is 0. The normalized spacial score (nSPS) is 13.8. The first-order valence-corrected chi connectivity index (χ1v) is 48.4. The molecule has 0 atom stereocenters. The summed E-state index contributed by atoms with van der Waals surface area (Å²) in [5, 5.41) is 0. The molecule has 1 saturated carbocycles. The van der Waals surface area contributed by atoms with Gasteiger partial charge in [-0.15, -0.1) is 0 Å². The van der Waals surface area contributed by atoms with Crippen molar-refractivity contribution in [1.29, 1.82) is 0 Å². The molecule has 25 heteroatoms. The van der Waals surface area contributed by atoms with E-state index in [1.807, 2.05) is 20.8 Å². The van der Waals surface area contributed by atoms with Crippen molar-refractivity contribution in [3.63, 3.8) is 0 Å². The van der Waals surface area contributed by atoms with Gasteiger partial charge in [-0.25, -0.2) is 0 Å². The van der Waals surface area contributed by atoms with Gasteiger partial charge >= 0.3 is 17.6 Å². The van der Waals surface area contributed by atoms with E-state index < -0.39 is 17.6 Å². The van der Waals surface area contributed by atoms with Gasteiger partial charge in [-0.3, -0.25) is 0 Å². The van der Waals surface area contributed by atoms with Gasteiger partial charge in [0.15, 0.2) is 0 Å². The number of ether oxygens (including phenoxy) is 15. The lowest BCUT2D eigenvalue weighted by molar-refractivity contribution is -0.0280. The van der Waals surface area contributed by atoms with Crippen LogP contribution in [0.2, 0.25) is 12.1 Å². The van der Waals surface area contributed by atoms with Crippen molar-refractivity contribution in [2.45, 2.75) is 284 Å². The number of hydrogen-bond acceptors (Lipinski definition) is 23. The molecule has 0 N–H and O–H groups in total. The first-order valence-electron chi connectivity index (χ1n) is 43.3. The molecule has 0 amide bonds. The summed E-state index contributed by atoms with van der Waals surface area (Å²) in [6.07, 6.45) is 47.9. The Morgan fingerprint density at radius 3 is 0.642 bits per heavy atom. The monoisotopic (exact) mass is 1600 g/mol. The van der Waals surface area contributed by atoms with E-state index in [1.54, 1.807) is 0 Å². The predicted octanol–water partition coefficient (Wildman–Crippen LogP) is 17.6. The fourth-order valence-electron chi connectivity index (χ4n) is 11.9. The largest absolute Gasteiger partial charge is 0.501 e. The standard InChI is InChI=1S/C51H106O13SSi.C30H62O8SSi/c1-4-7-9-11-13-15-17-19-21-23-25-28-52-30-32-54-34-36-56-38-40-58-42-44-60-46-48-63-66(62-6-3,51-27-50-65)64-49-47-61-45-43-59-41-39-57-37-35-55-33-31-53-29-26-24-22-20-18-16-14-12-10-8-5-2;1-3-36-40(37-4-2,29-15-28-39)38-27-25-34-23-21-32-19-18-31-20-22-33-24-26-35-30-16-13-11-9-7-5-6-8-10-12-14-17-30/h65H,4-51H2,1-3H3;30,39H,3-29H2,1-2H3. The summed E-state index contributed by atoms with van der Waals surface area (Å²) in [5.74, 6) is 1.52. The van der Waals surface area contributed by atoms with E-state index in [1.165, 1.54) is 205 Å². The Bertz CT molecular complexity index is 1530. The highest BCUT2D eigenvalue weighted by atomic mass is 32.1. The highest BCUT2D eigenvalue weighted by Gasteiger charge is 2.41. The molecule has 0 radical (unpaired) electrons. The molecule has 0 bridgehead atoms. The van der Waals surface area contributed by atoms with Crippen LogP contribution in [-0.4, -0.2) is 266 Å². The maximum atomic E-state index is 6.23. The first kappa shape index (κ1) is 106. The second kappa shape index (κ2) is 92.5. The molecule has 0 aliphatic heterocycles. The van der Waals surface area contributed by atoms with Crippen molar-refractivity contribution < 1.29 is 97.6 Å². The zero-order chi connectivity index (χ0) is 76.5. The molecule has 1 aliphatic carbocycles. The molecule has 21 nitrogen and oxygen atoms in total. The lowest BCUT2D eigenvalue weighted by Crippen LogP contribution is -2.47. The van der Waals surface area contributed by atoms with Gasteiger partial charge in [0, 0.05) is 45.1 Å². The summed E-state index contributed by atoms with van der Waals surface area (Å²) in [4.78, 5) is 0.